The Morgan fingerprint density at radius 3 is 2.81 bits per heavy atom. The molecular formula is C16H18N2O3. The van der Waals surface area contributed by atoms with Gasteiger partial charge in [-0.1, -0.05) is 11.6 Å². The lowest BCUT2D eigenvalue weighted by Crippen LogP contribution is -2.21. The van der Waals surface area contributed by atoms with E-state index in [1.54, 1.807) is 7.11 Å². The number of ketones is 1. The van der Waals surface area contributed by atoms with Crippen LogP contribution in [-0.4, -0.2) is 23.0 Å². The van der Waals surface area contributed by atoms with Crippen LogP contribution in [0.2, 0.25) is 0 Å². The lowest BCUT2D eigenvalue weighted by molar-refractivity contribution is -0.124. The topological polar surface area (TPSA) is 65.2 Å². The van der Waals surface area contributed by atoms with Gasteiger partial charge in [0.15, 0.2) is 0 Å². The summed E-state index contributed by atoms with van der Waals surface area (Å²) in [6, 6.07) is 7.49. The molecule has 110 valence electrons. The van der Waals surface area contributed by atoms with E-state index in [0.29, 0.717) is 30.3 Å². The minimum Gasteiger partial charge on any atom is -0.497 e. The summed E-state index contributed by atoms with van der Waals surface area (Å²) in [6.07, 6.45) is 4.29. The Balaban J connectivity index is 1.71. The molecule has 1 aliphatic carbocycles. The minimum atomic E-state index is 0.0444. The van der Waals surface area contributed by atoms with Crippen LogP contribution in [0.4, 0.5) is 0 Å². The first-order chi connectivity index (χ1) is 10.3. The van der Waals surface area contributed by atoms with E-state index in [1.165, 1.54) is 0 Å². The number of methoxy groups -OCH3 is 1. The third-order valence-corrected chi connectivity index (χ3v) is 3.92. The van der Waals surface area contributed by atoms with Gasteiger partial charge >= 0.3 is 0 Å². The number of aromatic nitrogens is 2. The van der Waals surface area contributed by atoms with Crippen LogP contribution in [0.1, 0.15) is 31.6 Å². The second kappa shape index (κ2) is 6.08. The Kier molecular flexibility index (Phi) is 3.99. The molecule has 1 fully saturated rings. The van der Waals surface area contributed by atoms with Crippen molar-refractivity contribution in [3.8, 4) is 17.1 Å². The third-order valence-electron chi connectivity index (χ3n) is 3.92. The maximum atomic E-state index is 11.8. The molecule has 1 aromatic carbocycles. The molecular weight excluding hydrogens is 268 g/mol. The lowest BCUT2D eigenvalue weighted by Gasteiger charge is -2.18. The van der Waals surface area contributed by atoms with Crippen molar-refractivity contribution in [1.82, 2.24) is 10.1 Å². The van der Waals surface area contributed by atoms with E-state index in [9.17, 15) is 4.79 Å². The molecule has 5 nitrogen and oxygen atoms in total. The van der Waals surface area contributed by atoms with Crippen molar-refractivity contribution in [3.05, 3.63) is 30.2 Å². The van der Waals surface area contributed by atoms with E-state index < -0.39 is 0 Å². The van der Waals surface area contributed by atoms with Gasteiger partial charge in [-0.2, -0.15) is 4.98 Å². The van der Waals surface area contributed by atoms with Gasteiger partial charge in [0, 0.05) is 24.3 Å². The second-order valence-corrected chi connectivity index (χ2v) is 5.35. The van der Waals surface area contributed by atoms with Crippen molar-refractivity contribution >= 4 is 5.78 Å². The molecule has 21 heavy (non-hydrogen) atoms. The third kappa shape index (κ3) is 3.12. The SMILES string of the molecule is COc1ccc(-c2noc(CC3CCCCC3=O)n2)cc1. The van der Waals surface area contributed by atoms with Gasteiger partial charge < -0.3 is 9.26 Å². The minimum absolute atomic E-state index is 0.0444. The van der Waals surface area contributed by atoms with Gasteiger partial charge in [-0.25, -0.2) is 0 Å². The van der Waals surface area contributed by atoms with Crippen molar-refractivity contribution < 1.29 is 14.1 Å². The zero-order valence-electron chi connectivity index (χ0n) is 12.0. The number of hydrogen-bond acceptors (Lipinski definition) is 5. The van der Waals surface area contributed by atoms with Gasteiger partial charge in [0.05, 0.1) is 7.11 Å². The quantitative estimate of drug-likeness (QED) is 0.864. The highest BCUT2D eigenvalue weighted by Gasteiger charge is 2.24. The van der Waals surface area contributed by atoms with E-state index in [-0.39, 0.29) is 5.92 Å². The summed E-state index contributed by atoms with van der Waals surface area (Å²) in [5.41, 5.74) is 0.876. The molecule has 2 aromatic rings. The van der Waals surface area contributed by atoms with Crippen molar-refractivity contribution in [2.24, 2.45) is 5.92 Å². The first-order valence-corrected chi connectivity index (χ1v) is 7.26. The predicted octanol–water partition coefficient (Wildman–Crippen LogP) is 3.05. The number of nitrogens with zero attached hydrogens (tertiary/aromatic N) is 2. The molecule has 0 saturated heterocycles. The second-order valence-electron chi connectivity index (χ2n) is 5.35. The van der Waals surface area contributed by atoms with Crippen molar-refractivity contribution in [1.29, 1.82) is 0 Å². The normalized spacial score (nSPS) is 18.7. The summed E-state index contributed by atoms with van der Waals surface area (Å²) in [6.45, 7) is 0. The van der Waals surface area contributed by atoms with Gasteiger partial charge in [-0.3, -0.25) is 4.79 Å². The summed E-state index contributed by atoms with van der Waals surface area (Å²) in [5.74, 6) is 2.25. The maximum Gasteiger partial charge on any atom is 0.227 e. The summed E-state index contributed by atoms with van der Waals surface area (Å²) >= 11 is 0. The van der Waals surface area contributed by atoms with Crippen molar-refractivity contribution in [2.45, 2.75) is 32.1 Å². The number of ether oxygens (including phenoxy) is 1. The highest BCUT2D eigenvalue weighted by molar-refractivity contribution is 5.81. The van der Waals surface area contributed by atoms with Crippen LogP contribution in [0.3, 0.4) is 0 Å². The number of rotatable bonds is 4. The molecule has 5 heteroatoms. The van der Waals surface area contributed by atoms with Gasteiger partial charge in [0.2, 0.25) is 11.7 Å². The van der Waals surface area contributed by atoms with Crippen LogP contribution < -0.4 is 4.74 Å². The summed E-state index contributed by atoms with van der Waals surface area (Å²) < 4.78 is 10.4. The molecule has 1 unspecified atom stereocenters. The van der Waals surface area contributed by atoms with E-state index in [4.69, 9.17) is 9.26 Å². The monoisotopic (exact) mass is 286 g/mol. The fraction of sp³-hybridized carbons (Fsp3) is 0.438. The van der Waals surface area contributed by atoms with Gasteiger partial charge in [-0.05, 0) is 37.1 Å². The largest absolute Gasteiger partial charge is 0.497 e. The van der Waals surface area contributed by atoms with Crippen LogP contribution in [0.15, 0.2) is 28.8 Å². The summed E-state index contributed by atoms with van der Waals surface area (Å²) in [4.78, 5) is 16.2. The molecule has 0 bridgehead atoms. The van der Waals surface area contributed by atoms with Crippen molar-refractivity contribution in [2.75, 3.05) is 7.11 Å². The Hall–Kier alpha value is -2.17. The smallest absolute Gasteiger partial charge is 0.227 e. The molecule has 0 radical (unpaired) electrons. The fourth-order valence-electron chi connectivity index (χ4n) is 2.68. The first kappa shape index (κ1) is 13.8. The van der Waals surface area contributed by atoms with Crippen LogP contribution in [0.25, 0.3) is 11.4 Å². The number of benzene rings is 1. The van der Waals surface area contributed by atoms with Crippen LogP contribution >= 0.6 is 0 Å². The number of hydrogen-bond donors (Lipinski definition) is 0. The Morgan fingerprint density at radius 2 is 2.10 bits per heavy atom. The predicted molar refractivity (Wildman–Crippen MR) is 77.0 cm³/mol. The number of carbonyl (C=O) groups excluding carboxylic acids is 1. The lowest BCUT2D eigenvalue weighted by atomic mass is 9.86. The zero-order valence-corrected chi connectivity index (χ0v) is 12.0. The van der Waals surface area contributed by atoms with E-state index in [2.05, 4.69) is 10.1 Å². The zero-order chi connectivity index (χ0) is 14.7. The highest BCUT2D eigenvalue weighted by Crippen LogP contribution is 2.25. The Morgan fingerprint density at radius 1 is 1.29 bits per heavy atom. The van der Waals surface area contributed by atoms with Crippen LogP contribution in [0.5, 0.6) is 5.75 Å². The van der Waals surface area contributed by atoms with Crippen LogP contribution in [-0.2, 0) is 11.2 Å². The Labute approximate surface area is 123 Å². The average Bonchev–Trinajstić information content (AvgIpc) is 2.98. The maximum absolute atomic E-state index is 11.8. The average molecular weight is 286 g/mol. The molecule has 1 aromatic heterocycles. The summed E-state index contributed by atoms with van der Waals surface area (Å²) in [5, 5.41) is 3.99. The van der Waals surface area contributed by atoms with Crippen molar-refractivity contribution in [3.63, 3.8) is 0 Å². The molecule has 1 saturated carbocycles. The molecule has 0 N–H and O–H groups in total. The molecule has 0 amide bonds. The highest BCUT2D eigenvalue weighted by atomic mass is 16.5. The molecule has 0 spiro atoms. The van der Waals surface area contributed by atoms with Crippen LogP contribution in [0, 0.1) is 5.92 Å². The molecule has 1 heterocycles. The fourth-order valence-corrected chi connectivity index (χ4v) is 2.68. The van der Waals surface area contributed by atoms with Gasteiger partial charge in [0.25, 0.3) is 0 Å². The number of Topliss-reactive ketones (excluding diaryl/α,β-unsaturated/α-hetero) is 1. The molecule has 1 atom stereocenters. The van der Waals surface area contributed by atoms with Gasteiger partial charge in [-0.15, -0.1) is 0 Å². The molecule has 1 aliphatic rings. The van der Waals surface area contributed by atoms with Gasteiger partial charge in [0.1, 0.15) is 11.5 Å². The van der Waals surface area contributed by atoms with E-state index in [0.717, 1.165) is 30.6 Å². The first-order valence-electron chi connectivity index (χ1n) is 7.26. The van der Waals surface area contributed by atoms with E-state index in [1.807, 2.05) is 24.3 Å². The summed E-state index contributed by atoms with van der Waals surface area (Å²) in [7, 11) is 1.63. The Bertz CT molecular complexity index is 619. The molecule has 0 aliphatic heterocycles. The van der Waals surface area contributed by atoms with E-state index >= 15 is 0 Å². The number of carbonyl (C=O) groups is 1. The standard InChI is InChI=1S/C16H18N2O3/c1-20-13-8-6-11(7-9-13)16-17-15(21-18-16)10-12-4-2-3-5-14(12)19/h6-9,12H,2-5,10H2,1H3. The molecule has 3 rings (SSSR count).